The Bertz CT molecular complexity index is 1510. The molecular weight excluding hydrogens is 490 g/mol. The van der Waals surface area contributed by atoms with Crippen LogP contribution in [-0.2, 0) is 17.1 Å². The average molecular weight is 520 g/mol. The number of piperazine rings is 1. The molecule has 4 aromatic rings. The molecule has 11 heteroatoms. The van der Waals surface area contributed by atoms with E-state index in [9.17, 15) is 8.42 Å². The normalized spacial score (nSPS) is 14.0. The number of nitrogens with one attached hydrogen (secondary N) is 2. The molecule has 192 valence electrons. The van der Waals surface area contributed by atoms with Crippen molar-refractivity contribution in [1.82, 2.24) is 25.1 Å². The summed E-state index contributed by atoms with van der Waals surface area (Å²) in [7, 11) is -2.29. The lowest BCUT2D eigenvalue weighted by Gasteiger charge is -2.29. The van der Waals surface area contributed by atoms with Crippen LogP contribution in [0.1, 0.15) is 11.1 Å². The molecule has 2 aromatic heterocycles. The van der Waals surface area contributed by atoms with E-state index < -0.39 is 10.0 Å². The molecule has 0 saturated carbocycles. The molecule has 2 aromatic carbocycles. The summed E-state index contributed by atoms with van der Waals surface area (Å²) >= 11 is 0. The first-order valence-corrected chi connectivity index (χ1v) is 13.5. The number of nitrogens with zero attached hydrogens (tertiary/aromatic N) is 5. The lowest BCUT2D eigenvalue weighted by atomic mass is 10.0. The van der Waals surface area contributed by atoms with E-state index in [1.54, 1.807) is 13.1 Å². The molecule has 0 atom stereocenters. The summed E-state index contributed by atoms with van der Waals surface area (Å²) in [5.41, 5.74) is 4.67. The minimum atomic E-state index is -3.94. The third-order valence-electron chi connectivity index (χ3n) is 6.34. The summed E-state index contributed by atoms with van der Waals surface area (Å²) in [6, 6.07) is 15.4. The SMILES string of the molecule is Cc1cccc(-c2cc(Oc3ccc(N4CCNCC4)cc3)nc(NS(=O)(=O)c3cnn(C)c3)n2)c1C. The van der Waals surface area contributed by atoms with E-state index in [1.807, 2.05) is 56.3 Å². The molecule has 3 heterocycles. The third kappa shape index (κ3) is 5.57. The zero-order chi connectivity index (χ0) is 26.0. The molecule has 1 aliphatic heterocycles. The maximum Gasteiger partial charge on any atom is 0.267 e. The van der Waals surface area contributed by atoms with Gasteiger partial charge in [0.2, 0.25) is 11.8 Å². The van der Waals surface area contributed by atoms with Gasteiger partial charge in [0.25, 0.3) is 10.0 Å². The van der Waals surface area contributed by atoms with Gasteiger partial charge >= 0.3 is 0 Å². The molecule has 1 aliphatic rings. The third-order valence-corrected chi connectivity index (χ3v) is 7.62. The highest BCUT2D eigenvalue weighted by molar-refractivity contribution is 7.92. The van der Waals surface area contributed by atoms with Crippen LogP contribution >= 0.6 is 0 Å². The highest BCUT2D eigenvalue weighted by Crippen LogP contribution is 2.30. The van der Waals surface area contributed by atoms with Gasteiger partial charge in [0, 0.05) is 56.7 Å². The first-order chi connectivity index (χ1) is 17.8. The second-order valence-electron chi connectivity index (χ2n) is 8.95. The van der Waals surface area contributed by atoms with Crippen LogP contribution in [0.3, 0.4) is 0 Å². The number of benzene rings is 2. The standard InChI is InChI=1S/C26H29N7O3S/c1-18-5-4-6-23(19(18)2)24-15-25(30-26(29-24)31-37(34,35)22-16-28-32(3)17-22)36-21-9-7-20(8-10-21)33-13-11-27-12-14-33/h4-10,15-17,27H,11-14H2,1-3H3,(H,29,30,31). The van der Waals surface area contributed by atoms with Gasteiger partial charge in [0.15, 0.2) is 0 Å². The number of ether oxygens (including phenoxy) is 1. The minimum Gasteiger partial charge on any atom is -0.439 e. The predicted molar refractivity (Wildman–Crippen MR) is 143 cm³/mol. The van der Waals surface area contributed by atoms with E-state index in [2.05, 4.69) is 30.0 Å². The molecule has 0 aliphatic carbocycles. The van der Waals surface area contributed by atoms with Gasteiger partial charge in [-0.2, -0.15) is 10.1 Å². The first kappa shape index (κ1) is 24.7. The largest absolute Gasteiger partial charge is 0.439 e. The number of anilines is 2. The van der Waals surface area contributed by atoms with Gasteiger partial charge in [-0.25, -0.2) is 18.1 Å². The Morgan fingerprint density at radius 2 is 1.78 bits per heavy atom. The molecule has 5 rings (SSSR count). The first-order valence-electron chi connectivity index (χ1n) is 12.0. The molecule has 37 heavy (non-hydrogen) atoms. The van der Waals surface area contributed by atoms with E-state index in [4.69, 9.17) is 4.74 Å². The number of aromatic nitrogens is 4. The van der Waals surface area contributed by atoms with Crippen molar-refractivity contribution in [3.05, 3.63) is 72.1 Å². The van der Waals surface area contributed by atoms with Gasteiger partial charge < -0.3 is 15.0 Å². The lowest BCUT2D eigenvalue weighted by Crippen LogP contribution is -2.43. The zero-order valence-corrected chi connectivity index (χ0v) is 21.8. The van der Waals surface area contributed by atoms with E-state index in [0.717, 1.165) is 48.6 Å². The molecule has 1 saturated heterocycles. The van der Waals surface area contributed by atoms with Crippen molar-refractivity contribution in [3.8, 4) is 22.9 Å². The quantitative estimate of drug-likeness (QED) is 0.381. The number of hydrogen-bond donors (Lipinski definition) is 2. The Balaban J connectivity index is 1.48. The summed E-state index contributed by atoms with van der Waals surface area (Å²) in [6.45, 7) is 7.83. The Morgan fingerprint density at radius 3 is 2.49 bits per heavy atom. The number of aryl methyl sites for hydroxylation is 2. The van der Waals surface area contributed by atoms with Crippen LogP contribution in [0, 0.1) is 13.8 Å². The number of rotatable bonds is 7. The monoisotopic (exact) mass is 519 g/mol. The zero-order valence-electron chi connectivity index (χ0n) is 21.0. The fraction of sp³-hybridized carbons (Fsp3) is 0.269. The molecule has 0 amide bonds. The van der Waals surface area contributed by atoms with Crippen molar-refractivity contribution in [1.29, 1.82) is 0 Å². The number of sulfonamides is 1. The smallest absolute Gasteiger partial charge is 0.267 e. The van der Waals surface area contributed by atoms with Crippen molar-refractivity contribution < 1.29 is 13.2 Å². The van der Waals surface area contributed by atoms with Crippen LogP contribution in [0.25, 0.3) is 11.3 Å². The van der Waals surface area contributed by atoms with Crippen molar-refractivity contribution in [2.75, 3.05) is 35.8 Å². The Hall–Kier alpha value is -3.96. The van der Waals surface area contributed by atoms with Crippen LogP contribution in [0.15, 0.2) is 65.8 Å². The average Bonchev–Trinajstić information content (AvgIpc) is 3.34. The van der Waals surface area contributed by atoms with Crippen molar-refractivity contribution >= 4 is 21.7 Å². The highest BCUT2D eigenvalue weighted by atomic mass is 32.2. The van der Waals surface area contributed by atoms with Gasteiger partial charge in [0.1, 0.15) is 10.6 Å². The van der Waals surface area contributed by atoms with Crippen molar-refractivity contribution in [2.24, 2.45) is 7.05 Å². The summed E-state index contributed by atoms with van der Waals surface area (Å²) in [5, 5.41) is 7.30. The van der Waals surface area contributed by atoms with Gasteiger partial charge in [-0.3, -0.25) is 4.68 Å². The van der Waals surface area contributed by atoms with Crippen LogP contribution in [-0.4, -0.2) is 54.3 Å². The van der Waals surface area contributed by atoms with Crippen LogP contribution in [0.2, 0.25) is 0 Å². The number of hydrogen-bond acceptors (Lipinski definition) is 8. The van der Waals surface area contributed by atoms with E-state index >= 15 is 0 Å². The second-order valence-corrected chi connectivity index (χ2v) is 10.6. The molecular formula is C26H29N7O3S. The van der Waals surface area contributed by atoms with Crippen LogP contribution in [0.4, 0.5) is 11.6 Å². The van der Waals surface area contributed by atoms with E-state index in [-0.39, 0.29) is 16.7 Å². The Morgan fingerprint density at radius 1 is 1.03 bits per heavy atom. The summed E-state index contributed by atoms with van der Waals surface area (Å²) in [5.74, 6) is 0.727. The maximum absolute atomic E-state index is 12.9. The van der Waals surface area contributed by atoms with Gasteiger partial charge in [0.05, 0.1) is 11.9 Å². The minimum absolute atomic E-state index is 0.0155. The topological polar surface area (TPSA) is 114 Å². The van der Waals surface area contributed by atoms with Crippen molar-refractivity contribution in [3.63, 3.8) is 0 Å². The molecule has 2 N–H and O–H groups in total. The molecule has 10 nitrogen and oxygen atoms in total. The lowest BCUT2D eigenvalue weighted by molar-refractivity contribution is 0.463. The summed E-state index contributed by atoms with van der Waals surface area (Å²) < 4.78 is 35.9. The summed E-state index contributed by atoms with van der Waals surface area (Å²) in [6.07, 6.45) is 2.68. The van der Waals surface area contributed by atoms with E-state index in [1.165, 1.54) is 17.1 Å². The molecule has 0 spiro atoms. The molecule has 1 fully saturated rings. The fourth-order valence-electron chi connectivity index (χ4n) is 4.17. The van der Waals surface area contributed by atoms with Gasteiger partial charge in [-0.1, -0.05) is 18.2 Å². The van der Waals surface area contributed by atoms with Crippen LogP contribution < -0.4 is 19.7 Å². The Kier molecular flexibility index (Phi) is 6.81. The molecule has 0 bridgehead atoms. The van der Waals surface area contributed by atoms with Crippen LogP contribution in [0.5, 0.6) is 11.6 Å². The van der Waals surface area contributed by atoms with E-state index in [0.29, 0.717) is 11.4 Å². The Labute approximate surface area is 216 Å². The molecule has 0 unspecified atom stereocenters. The van der Waals surface area contributed by atoms with Gasteiger partial charge in [-0.15, -0.1) is 0 Å². The highest BCUT2D eigenvalue weighted by Gasteiger charge is 2.20. The van der Waals surface area contributed by atoms with Gasteiger partial charge in [-0.05, 0) is 49.2 Å². The maximum atomic E-state index is 12.9. The summed E-state index contributed by atoms with van der Waals surface area (Å²) in [4.78, 5) is 11.2. The fourth-order valence-corrected chi connectivity index (χ4v) is 5.10. The predicted octanol–water partition coefficient (Wildman–Crippen LogP) is 3.50. The van der Waals surface area contributed by atoms with Crippen molar-refractivity contribution in [2.45, 2.75) is 18.7 Å². The molecule has 0 radical (unpaired) electrons. The second kappa shape index (κ2) is 10.2.